The summed E-state index contributed by atoms with van der Waals surface area (Å²) in [6.07, 6.45) is 0.525. The van der Waals surface area contributed by atoms with Gasteiger partial charge < -0.3 is 10.0 Å². The number of carboxylic acid groups (broad SMARTS) is 1. The number of hydrogen-bond acceptors (Lipinski definition) is 2. The summed E-state index contributed by atoms with van der Waals surface area (Å²) < 4.78 is 0. The van der Waals surface area contributed by atoms with Crippen molar-refractivity contribution in [1.82, 2.24) is 4.90 Å². The van der Waals surface area contributed by atoms with Gasteiger partial charge in [-0.05, 0) is 17.5 Å². The van der Waals surface area contributed by atoms with Crippen LogP contribution in [0.2, 0.25) is 0 Å². The quantitative estimate of drug-likeness (QED) is 0.926. The fourth-order valence-corrected chi connectivity index (χ4v) is 3.11. The van der Waals surface area contributed by atoms with Crippen molar-refractivity contribution in [2.75, 3.05) is 13.1 Å². The van der Waals surface area contributed by atoms with Crippen LogP contribution in [-0.4, -0.2) is 35.0 Å². The Hall–Kier alpha value is -2.33. The van der Waals surface area contributed by atoms with Crippen molar-refractivity contribution < 1.29 is 14.7 Å². The van der Waals surface area contributed by atoms with Crippen molar-refractivity contribution >= 4 is 24.3 Å². The van der Waals surface area contributed by atoms with E-state index in [4.69, 9.17) is 5.11 Å². The number of carbonyl (C=O) groups is 2. The van der Waals surface area contributed by atoms with E-state index in [9.17, 15) is 9.59 Å². The van der Waals surface area contributed by atoms with E-state index in [0.29, 0.717) is 19.5 Å². The SMILES string of the molecule is Cl.O=C(O)C1CCN(C(=O)C(c2ccccc2)c2ccccc2)C1. The van der Waals surface area contributed by atoms with Crippen LogP contribution in [0.15, 0.2) is 60.7 Å². The van der Waals surface area contributed by atoms with Gasteiger partial charge in [0.2, 0.25) is 5.91 Å². The van der Waals surface area contributed by atoms with Gasteiger partial charge in [0.05, 0.1) is 11.8 Å². The van der Waals surface area contributed by atoms with Crippen LogP contribution in [-0.2, 0) is 9.59 Å². The van der Waals surface area contributed by atoms with Crippen molar-refractivity contribution in [3.8, 4) is 0 Å². The van der Waals surface area contributed by atoms with Gasteiger partial charge in [-0.15, -0.1) is 12.4 Å². The second kappa shape index (κ2) is 7.97. The molecule has 1 unspecified atom stereocenters. The van der Waals surface area contributed by atoms with E-state index < -0.39 is 11.9 Å². The van der Waals surface area contributed by atoms with Crippen molar-refractivity contribution in [3.05, 3.63) is 71.8 Å². The van der Waals surface area contributed by atoms with Gasteiger partial charge in [-0.25, -0.2) is 0 Å². The molecule has 2 aromatic rings. The maximum absolute atomic E-state index is 13.0. The molecule has 24 heavy (non-hydrogen) atoms. The Morgan fingerprint density at radius 3 is 1.88 bits per heavy atom. The Labute approximate surface area is 147 Å². The first kappa shape index (κ1) is 18.0. The molecule has 4 nitrogen and oxygen atoms in total. The number of likely N-dealkylation sites (tertiary alicyclic amines) is 1. The number of amides is 1. The standard InChI is InChI=1S/C19H19NO3.ClH/c21-18(20-12-11-16(13-20)19(22)23)17(14-7-3-1-4-8-14)15-9-5-2-6-10-15;/h1-10,16-17H,11-13H2,(H,22,23);1H. The highest BCUT2D eigenvalue weighted by molar-refractivity contribution is 5.88. The summed E-state index contributed by atoms with van der Waals surface area (Å²) in [5.41, 5.74) is 1.87. The summed E-state index contributed by atoms with van der Waals surface area (Å²) >= 11 is 0. The molecule has 1 aliphatic heterocycles. The highest BCUT2D eigenvalue weighted by atomic mass is 35.5. The molecule has 0 aliphatic carbocycles. The molecule has 0 saturated carbocycles. The molecule has 0 bridgehead atoms. The third kappa shape index (κ3) is 3.77. The lowest BCUT2D eigenvalue weighted by Crippen LogP contribution is -2.34. The average Bonchev–Trinajstić information content (AvgIpc) is 3.07. The maximum atomic E-state index is 13.0. The van der Waals surface area contributed by atoms with Gasteiger partial charge in [-0.3, -0.25) is 9.59 Å². The first-order valence-electron chi connectivity index (χ1n) is 7.78. The molecule has 5 heteroatoms. The lowest BCUT2D eigenvalue weighted by molar-refractivity contribution is -0.141. The molecule has 1 fully saturated rings. The molecule has 0 aromatic heterocycles. The highest BCUT2D eigenvalue weighted by Crippen LogP contribution is 2.29. The minimum atomic E-state index is -0.823. The van der Waals surface area contributed by atoms with Crippen molar-refractivity contribution in [3.63, 3.8) is 0 Å². The molecule has 3 rings (SSSR count). The summed E-state index contributed by atoms with van der Waals surface area (Å²) in [7, 11) is 0. The second-order valence-electron chi connectivity index (χ2n) is 5.86. The largest absolute Gasteiger partial charge is 0.481 e. The Morgan fingerprint density at radius 1 is 0.958 bits per heavy atom. The monoisotopic (exact) mass is 345 g/mol. The van der Waals surface area contributed by atoms with E-state index in [0.717, 1.165) is 11.1 Å². The van der Waals surface area contributed by atoms with E-state index >= 15 is 0 Å². The van der Waals surface area contributed by atoms with E-state index in [1.165, 1.54) is 0 Å². The van der Waals surface area contributed by atoms with E-state index in [1.807, 2.05) is 60.7 Å². The lowest BCUT2D eigenvalue weighted by atomic mass is 9.90. The van der Waals surface area contributed by atoms with Gasteiger partial charge in [0, 0.05) is 13.1 Å². The number of hydrogen-bond donors (Lipinski definition) is 1. The second-order valence-corrected chi connectivity index (χ2v) is 5.86. The van der Waals surface area contributed by atoms with Gasteiger partial charge >= 0.3 is 5.97 Å². The fraction of sp³-hybridized carbons (Fsp3) is 0.263. The summed E-state index contributed by atoms with van der Waals surface area (Å²) in [4.78, 5) is 25.9. The summed E-state index contributed by atoms with van der Waals surface area (Å²) in [6, 6.07) is 19.3. The van der Waals surface area contributed by atoms with E-state index in [1.54, 1.807) is 4.90 Å². The van der Waals surface area contributed by atoms with Gasteiger partial charge in [0.1, 0.15) is 0 Å². The zero-order chi connectivity index (χ0) is 16.2. The number of carboxylic acids is 1. The summed E-state index contributed by atoms with van der Waals surface area (Å²) in [5.74, 6) is -1.68. The van der Waals surface area contributed by atoms with Gasteiger partial charge in [0.25, 0.3) is 0 Å². The molecule has 0 spiro atoms. The molecule has 1 atom stereocenters. The lowest BCUT2D eigenvalue weighted by Gasteiger charge is -2.24. The topological polar surface area (TPSA) is 57.6 Å². The Balaban J connectivity index is 0.00000208. The van der Waals surface area contributed by atoms with Crippen LogP contribution >= 0.6 is 12.4 Å². The first-order chi connectivity index (χ1) is 11.2. The molecule has 1 aliphatic rings. The van der Waals surface area contributed by atoms with Crippen LogP contribution in [0.4, 0.5) is 0 Å². The predicted molar refractivity (Wildman–Crippen MR) is 94.3 cm³/mol. The normalized spacial score (nSPS) is 16.7. The summed E-state index contributed by atoms with van der Waals surface area (Å²) in [6.45, 7) is 0.802. The Bertz CT molecular complexity index is 651. The van der Waals surface area contributed by atoms with Crippen molar-refractivity contribution in [2.24, 2.45) is 5.92 Å². The number of aliphatic carboxylic acids is 1. The maximum Gasteiger partial charge on any atom is 0.308 e. The zero-order valence-electron chi connectivity index (χ0n) is 13.2. The van der Waals surface area contributed by atoms with Crippen LogP contribution < -0.4 is 0 Å². The molecule has 2 aromatic carbocycles. The van der Waals surface area contributed by atoms with Crippen molar-refractivity contribution in [2.45, 2.75) is 12.3 Å². The molecule has 0 radical (unpaired) electrons. The van der Waals surface area contributed by atoms with Gasteiger partial charge in [-0.1, -0.05) is 60.7 Å². The Morgan fingerprint density at radius 2 is 1.46 bits per heavy atom. The molecular weight excluding hydrogens is 326 g/mol. The summed E-state index contributed by atoms with van der Waals surface area (Å²) in [5, 5.41) is 9.15. The van der Waals surface area contributed by atoms with Gasteiger partial charge in [-0.2, -0.15) is 0 Å². The molecule has 1 amide bonds. The molecule has 1 N–H and O–H groups in total. The van der Waals surface area contributed by atoms with Crippen LogP contribution in [0.25, 0.3) is 0 Å². The van der Waals surface area contributed by atoms with Crippen LogP contribution in [0, 0.1) is 5.92 Å². The third-order valence-corrected chi connectivity index (χ3v) is 4.36. The van der Waals surface area contributed by atoms with Crippen molar-refractivity contribution in [1.29, 1.82) is 0 Å². The first-order valence-corrected chi connectivity index (χ1v) is 7.78. The smallest absolute Gasteiger partial charge is 0.308 e. The number of carbonyl (C=O) groups excluding carboxylic acids is 1. The van der Waals surface area contributed by atoms with E-state index in [2.05, 4.69) is 0 Å². The minimum Gasteiger partial charge on any atom is -0.481 e. The van der Waals surface area contributed by atoms with Crippen LogP contribution in [0.3, 0.4) is 0 Å². The number of rotatable bonds is 4. The third-order valence-electron chi connectivity index (χ3n) is 4.36. The molecule has 1 saturated heterocycles. The molecule has 126 valence electrons. The minimum absolute atomic E-state index is 0. The zero-order valence-corrected chi connectivity index (χ0v) is 14.0. The molecule has 1 heterocycles. The van der Waals surface area contributed by atoms with Crippen LogP contribution in [0.5, 0.6) is 0 Å². The predicted octanol–water partition coefficient (Wildman–Crippen LogP) is 3.17. The Kier molecular flexibility index (Phi) is 5.99. The highest BCUT2D eigenvalue weighted by Gasteiger charge is 2.35. The number of nitrogens with zero attached hydrogens (tertiary/aromatic N) is 1. The number of halogens is 1. The van der Waals surface area contributed by atoms with Gasteiger partial charge in [0.15, 0.2) is 0 Å². The van der Waals surface area contributed by atoms with E-state index in [-0.39, 0.29) is 24.2 Å². The average molecular weight is 346 g/mol. The van der Waals surface area contributed by atoms with Crippen LogP contribution in [0.1, 0.15) is 23.5 Å². The fourth-order valence-electron chi connectivity index (χ4n) is 3.11. The number of benzene rings is 2. The molecular formula is C19H20ClNO3.